The lowest BCUT2D eigenvalue weighted by Crippen LogP contribution is -2.41. The number of aromatic nitrogens is 1. The lowest BCUT2D eigenvalue weighted by molar-refractivity contribution is 0.414. The molecule has 0 spiro atoms. The van der Waals surface area contributed by atoms with Crippen molar-refractivity contribution >= 4 is 0 Å². The molecule has 0 aliphatic rings. The Kier molecular flexibility index (Phi) is 4.34. The Hall–Kier alpha value is -2.58. The summed E-state index contributed by atoms with van der Waals surface area (Å²) in [5.74, 6) is 0.702. The highest BCUT2D eigenvalue weighted by molar-refractivity contribution is 5.62. The smallest absolute Gasteiger partial charge is 0.269 e. The molecule has 0 atom stereocenters. The summed E-state index contributed by atoms with van der Waals surface area (Å²) >= 11 is 0. The van der Waals surface area contributed by atoms with Gasteiger partial charge in [-0.2, -0.15) is 5.26 Å². The number of nitriles is 1. The van der Waals surface area contributed by atoms with Gasteiger partial charge in [-0.05, 0) is 38.1 Å². The molecule has 22 heavy (non-hydrogen) atoms. The molecule has 2 rings (SSSR count). The van der Waals surface area contributed by atoms with Crippen molar-refractivity contribution in [2.75, 3.05) is 7.11 Å². The maximum Gasteiger partial charge on any atom is 0.269 e. The average Bonchev–Trinajstić information content (AvgIpc) is 2.48. The second-order valence-electron chi connectivity index (χ2n) is 5.86. The van der Waals surface area contributed by atoms with Gasteiger partial charge < -0.3 is 15.0 Å². The zero-order valence-corrected chi connectivity index (χ0v) is 13.0. The van der Waals surface area contributed by atoms with Crippen LogP contribution < -0.4 is 16.0 Å². The molecule has 2 N–H and O–H groups in total. The number of nitrogens with two attached hydrogens (primary N) is 1. The van der Waals surface area contributed by atoms with E-state index in [4.69, 9.17) is 15.7 Å². The second-order valence-corrected chi connectivity index (χ2v) is 5.86. The van der Waals surface area contributed by atoms with Crippen LogP contribution in [0.1, 0.15) is 19.4 Å². The normalized spacial score (nSPS) is 11.0. The van der Waals surface area contributed by atoms with Crippen molar-refractivity contribution < 1.29 is 4.74 Å². The minimum absolute atomic E-state index is 0.107. The fraction of sp³-hybridized carbons (Fsp3) is 0.294. The fourth-order valence-electron chi connectivity index (χ4n) is 2.26. The Bertz CT molecular complexity index is 780. The molecule has 1 aromatic carbocycles. The van der Waals surface area contributed by atoms with Gasteiger partial charge in [0.1, 0.15) is 17.4 Å². The van der Waals surface area contributed by atoms with Crippen LogP contribution in [0.25, 0.3) is 11.3 Å². The predicted octanol–water partition coefficient (Wildman–Crippen LogP) is 2.13. The van der Waals surface area contributed by atoms with Crippen molar-refractivity contribution in [2.24, 2.45) is 5.73 Å². The fourth-order valence-corrected chi connectivity index (χ4v) is 2.26. The van der Waals surface area contributed by atoms with Crippen LogP contribution in [0.5, 0.6) is 5.75 Å². The molecule has 2 aromatic rings. The molecule has 0 aliphatic heterocycles. The van der Waals surface area contributed by atoms with Crippen LogP contribution in [0.3, 0.4) is 0 Å². The van der Waals surface area contributed by atoms with Crippen molar-refractivity contribution in [1.82, 2.24) is 4.57 Å². The van der Waals surface area contributed by atoms with Crippen molar-refractivity contribution in [1.29, 1.82) is 5.26 Å². The van der Waals surface area contributed by atoms with E-state index in [2.05, 4.69) is 0 Å². The lowest BCUT2D eigenvalue weighted by Gasteiger charge is -2.23. The minimum Gasteiger partial charge on any atom is -0.497 e. The zero-order valence-electron chi connectivity index (χ0n) is 13.0. The van der Waals surface area contributed by atoms with Crippen molar-refractivity contribution in [3.8, 4) is 23.1 Å². The van der Waals surface area contributed by atoms with E-state index in [0.29, 0.717) is 18.0 Å². The van der Waals surface area contributed by atoms with E-state index in [9.17, 15) is 4.79 Å². The molecular weight excluding hydrogens is 278 g/mol. The Balaban J connectivity index is 2.67. The average molecular weight is 297 g/mol. The molecule has 0 bridgehead atoms. The van der Waals surface area contributed by atoms with E-state index >= 15 is 0 Å². The van der Waals surface area contributed by atoms with Crippen molar-refractivity contribution in [3.63, 3.8) is 0 Å². The summed E-state index contributed by atoms with van der Waals surface area (Å²) in [6.45, 7) is 4.00. The molecule has 5 heteroatoms. The zero-order chi connectivity index (χ0) is 16.3. The molecule has 0 amide bonds. The molecule has 0 saturated heterocycles. The van der Waals surface area contributed by atoms with Gasteiger partial charge in [0.05, 0.1) is 12.8 Å². The molecular formula is C17H19N3O2. The number of hydrogen-bond acceptors (Lipinski definition) is 4. The maximum absolute atomic E-state index is 12.5. The molecule has 114 valence electrons. The number of ether oxygens (including phenoxy) is 1. The molecule has 5 nitrogen and oxygen atoms in total. The first kappa shape index (κ1) is 15.8. The molecule has 0 unspecified atom stereocenters. The number of methoxy groups -OCH3 is 1. The van der Waals surface area contributed by atoms with E-state index in [1.165, 1.54) is 6.07 Å². The lowest BCUT2D eigenvalue weighted by atomic mass is 10.0. The summed E-state index contributed by atoms with van der Waals surface area (Å²) in [6.07, 6.45) is 0. The summed E-state index contributed by atoms with van der Waals surface area (Å²) in [7, 11) is 1.59. The largest absolute Gasteiger partial charge is 0.497 e. The standard InChI is InChI=1S/C17H19N3O2/c1-17(2,19)11-20-15(8-7-13(10-18)16(20)21)12-5-4-6-14(9-12)22-3/h4-9H,11,19H2,1-3H3. The van der Waals surface area contributed by atoms with Crippen molar-refractivity contribution in [3.05, 3.63) is 52.3 Å². The minimum atomic E-state index is -0.578. The van der Waals surface area contributed by atoms with Gasteiger partial charge in [-0.3, -0.25) is 4.79 Å². The first-order valence-corrected chi connectivity index (χ1v) is 6.93. The van der Waals surface area contributed by atoms with E-state index in [0.717, 1.165) is 5.56 Å². The van der Waals surface area contributed by atoms with Crippen LogP contribution >= 0.6 is 0 Å². The number of pyridine rings is 1. The second kappa shape index (κ2) is 6.04. The van der Waals surface area contributed by atoms with Gasteiger partial charge in [0.2, 0.25) is 0 Å². The summed E-state index contributed by atoms with van der Waals surface area (Å²) in [4.78, 5) is 12.5. The van der Waals surface area contributed by atoms with Crippen LogP contribution in [0, 0.1) is 11.3 Å². The van der Waals surface area contributed by atoms with Gasteiger partial charge in [0.15, 0.2) is 0 Å². The highest BCUT2D eigenvalue weighted by Crippen LogP contribution is 2.24. The van der Waals surface area contributed by atoms with Gasteiger partial charge in [0, 0.05) is 17.6 Å². The number of rotatable bonds is 4. The van der Waals surface area contributed by atoms with Crippen LogP contribution in [0.4, 0.5) is 0 Å². The third-order valence-corrected chi connectivity index (χ3v) is 3.23. The number of hydrogen-bond donors (Lipinski definition) is 1. The van der Waals surface area contributed by atoms with Gasteiger partial charge in [-0.15, -0.1) is 0 Å². The van der Waals surface area contributed by atoms with Gasteiger partial charge >= 0.3 is 0 Å². The van der Waals surface area contributed by atoms with E-state index in [1.807, 2.05) is 44.2 Å². The third kappa shape index (κ3) is 3.35. The molecule has 0 fully saturated rings. The predicted molar refractivity (Wildman–Crippen MR) is 85.7 cm³/mol. The Morgan fingerprint density at radius 3 is 2.64 bits per heavy atom. The third-order valence-electron chi connectivity index (χ3n) is 3.23. The van der Waals surface area contributed by atoms with E-state index in [1.54, 1.807) is 17.7 Å². The Morgan fingerprint density at radius 2 is 2.05 bits per heavy atom. The van der Waals surface area contributed by atoms with Crippen LogP contribution in [0.2, 0.25) is 0 Å². The van der Waals surface area contributed by atoms with Crippen LogP contribution in [-0.2, 0) is 6.54 Å². The highest BCUT2D eigenvalue weighted by Gasteiger charge is 2.18. The monoisotopic (exact) mass is 297 g/mol. The van der Waals surface area contributed by atoms with E-state index < -0.39 is 5.54 Å². The van der Waals surface area contributed by atoms with E-state index in [-0.39, 0.29) is 11.1 Å². The summed E-state index contributed by atoms with van der Waals surface area (Å²) in [5.41, 5.74) is 6.81. The van der Waals surface area contributed by atoms with Crippen molar-refractivity contribution in [2.45, 2.75) is 25.9 Å². The Labute approximate surface area is 129 Å². The maximum atomic E-state index is 12.5. The highest BCUT2D eigenvalue weighted by atomic mass is 16.5. The summed E-state index contributed by atoms with van der Waals surface area (Å²) in [6, 6.07) is 12.7. The van der Waals surface area contributed by atoms with Gasteiger partial charge in [-0.25, -0.2) is 0 Å². The SMILES string of the molecule is COc1cccc(-c2ccc(C#N)c(=O)n2CC(C)(C)N)c1. The molecule has 0 radical (unpaired) electrons. The van der Waals surface area contributed by atoms with Gasteiger partial charge in [-0.1, -0.05) is 12.1 Å². The first-order chi connectivity index (χ1) is 10.4. The topological polar surface area (TPSA) is 81.0 Å². The number of nitrogens with zero attached hydrogens (tertiary/aromatic N) is 2. The van der Waals surface area contributed by atoms with Gasteiger partial charge in [0.25, 0.3) is 5.56 Å². The molecule has 1 heterocycles. The molecule has 0 aliphatic carbocycles. The number of benzene rings is 1. The summed E-state index contributed by atoms with van der Waals surface area (Å²) in [5, 5.41) is 9.07. The van der Waals surface area contributed by atoms with Crippen LogP contribution in [-0.4, -0.2) is 17.2 Å². The Morgan fingerprint density at radius 1 is 1.32 bits per heavy atom. The van der Waals surface area contributed by atoms with Crippen LogP contribution in [0.15, 0.2) is 41.2 Å². The quantitative estimate of drug-likeness (QED) is 0.937. The molecule has 1 aromatic heterocycles. The first-order valence-electron chi connectivity index (χ1n) is 6.93. The summed E-state index contributed by atoms with van der Waals surface area (Å²) < 4.78 is 6.78. The molecule has 0 saturated carbocycles.